The van der Waals surface area contributed by atoms with Crippen molar-refractivity contribution in [1.29, 1.82) is 0 Å². The SMILES string of the molecule is CCCN(CC(F)(F)F)S(=O)(=O)c1cnc(NN)nc1. The number of hydrogen-bond donors (Lipinski definition) is 2. The van der Waals surface area contributed by atoms with Crippen LogP contribution in [0.1, 0.15) is 13.3 Å². The molecule has 0 spiro atoms. The molecule has 0 atom stereocenters. The molecule has 0 bridgehead atoms. The number of aromatic nitrogens is 2. The van der Waals surface area contributed by atoms with Crippen LogP contribution in [-0.2, 0) is 10.0 Å². The van der Waals surface area contributed by atoms with Gasteiger partial charge in [0.2, 0.25) is 16.0 Å². The van der Waals surface area contributed by atoms with Crippen molar-refractivity contribution in [2.45, 2.75) is 24.4 Å². The summed E-state index contributed by atoms with van der Waals surface area (Å²) < 4.78 is 61.8. The molecule has 0 aliphatic carbocycles. The van der Waals surface area contributed by atoms with Crippen molar-refractivity contribution in [3.63, 3.8) is 0 Å². The fraction of sp³-hybridized carbons (Fsp3) is 0.556. The second-order valence-electron chi connectivity index (χ2n) is 3.84. The van der Waals surface area contributed by atoms with E-state index in [4.69, 9.17) is 5.84 Å². The third-order valence-electron chi connectivity index (χ3n) is 2.22. The molecule has 0 saturated carbocycles. The molecule has 0 unspecified atom stereocenters. The zero-order valence-corrected chi connectivity index (χ0v) is 11.4. The maximum absolute atomic E-state index is 12.4. The molecule has 0 aliphatic heterocycles. The van der Waals surface area contributed by atoms with Gasteiger partial charge in [-0.3, -0.25) is 5.43 Å². The summed E-state index contributed by atoms with van der Waals surface area (Å²) in [6.07, 6.45) is -2.58. The van der Waals surface area contributed by atoms with Crippen molar-refractivity contribution >= 4 is 16.0 Å². The molecule has 0 amide bonds. The Morgan fingerprint density at radius 2 is 1.90 bits per heavy atom. The van der Waals surface area contributed by atoms with Crippen molar-refractivity contribution in [3.05, 3.63) is 12.4 Å². The number of nitrogens with zero attached hydrogens (tertiary/aromatic N) is 3. The molecule has 7 nitrogen and oxygen atoms in total. The summed E-state index contributed by atoms with van der Waals surface area (Å²) in [5.41, 5.74) is 2.09. The third kappa shape index (κ3) is 4.28. The number of sulfonamides is 1. The van der Waals surface area contributed by atoms with E-state index in [1.165, 1.54) is 0 Å². The predicted octanol–water partition coefficient (Wildman–Crippen LogP) is 0.725. The van der Waals surface area contributed by atoms with Gasteiger partial charge in [-0.25, -0.2) is 24.2 Å². The lowest BCUT2D eigenvalue weighted by atomic mass is 10.5. The van der Waals surface area contributed by atoms with Crippen molar-refractivity contribution < 1.29 is 21.6 Å². The Morgan fingerprint density at radius 3 is 2.30 bits per heavy atom. The Labute approximate surface area is 114 Å². The molecule has 20 heavy (non-hydrogen) atoms. The second kappa shape index (κ2) is 6.33. The van der Waals surface area contributed by atoms with Crippen molar-refractivity contribution in [3.8, 4) is 0 Å². The van der Waals surface area contributed by atoms with E-state index >= 15 is 0 Å². The van der Waals surface area contributed by atoms with Crippen LogP contribution in [0.2, 0.25) is 0 Å². The molecule has 0 fully saturated rings. The van der Waals surface area contributed by atoms with E-state index in [-0.39, 0.29) is 18.9 Å². The van der Waals surface area contributed by atoms with Gasteiger partial charge in [0, 0.05) is 6.54 Å². The third-order valence-corrected chi connectivity index (χ3v) is 4.02. The summed E-state index contributed by atoms with van der Waals surface area (Å²) >= 11 is 0. The van der Waals surface area contributed by atoms with Gasteiger partial charge >= 0.3 is 6.18 Å². The molecular weight excluding hydrogens is 299 g/mol. The van der Waals surface area contributed by atoms with E-state index in [0.717, 1.165) is 12.4 Å². The Hall–Kier alpha value is -1.46. The van der Waals surface area contributed by atoms with E-state index in [1.807, 2.05) is 0 Å². The lowest BCUT2D eigenvalue weighted by Gasteiger charge is -2.22. The number of nitrogens with one attached hydrogen (secondary N) is 1. The highest BCUT2D eigenvalue weighted by Crippen LogP contribution is 2.22. The number of halogens is 3. The van der Waals surface area contributed by atoms with Crippen LogP contribution in [0.15, 0.2) is 17.3 Å². The first-order valence-corrected chi connectivity index (χ1v) is 7.00. The lowest BCUT2D eigenvalue weighted by molar-refractivity contribution is -0.136. The summed E-state index contributed by atoms with van der Waals surface area (Å²) in [5, 5.41) is 0. The van der Waals surface area contributed by atoms with E-state index < -0.39 is 27.6 Å². The number of nitrogen functional groups attached to an aromatic ring is 1. The predicted molar refractivity (Wildman–Crippen MR) is 64.9 cm³/mol. The Balaban J connectivity index is 3.08. The molecule has 1 aromatic heterocycles. The molecular formula is C9H14F3N5O2S. The first kappa shape index (κ1) is 16.6. The smallest absolute Gasteiger partial charge is 0.292 e. The number of hydrazine groups is 1. The number of anilines is 1. The summed E-state index contributed by atoms with van der Waals surface area (Å²) in [6, 6.07) is 0. The highest BCUT2D eigenvalue weighted by Gasteiger charge is 2.36. The van der Waals surface area contributed by atoms with Gasteiger partial charge in [-0.15, -0.1) is 0 Å². The fourth-order valence-corrected chi connectivity index (χ4v) is 2.82. The van der Waals surface area contributed by atoms with Gasteiger partial charge in [-0.1, -0.05) is 6.92 Å². The maximum atomic E-state index is 12.4. The second-order valence-corrected chi connectivity index (χ2v) is 5.78. The van der Waals surface area contributed by atoms with Gasteiger partial charge in [0.05, 0.1) is 12.4 Å². The van der Waals surface area contributed by atoms with Crippen molar-refractivity contribution in [1.82, 2.24) is 14.3 Å². The fourth-order valence-electron chi connectivity index (χ4n) is 1.41. The molecule has 114 valence electrons. The van der Waals surface area contributed by atoms with Gasteiger partial charge in [0.25, 0.3) is 0 Å². The summed E-state index contributed by atoms with van der Waals surface area (Å²) in [6.45, 7) is -0.227. The monoisotopic (exact) mass is 313 g/mol. The minimum atomic E-state index is -4.62. The zero-order valence-electron chi connectivity index (χ0n) is 10.6. The Morgan fingerprint density at radius 1 is 1.35 bits per heavy atom. The number of hydrogen-bond acceptors (Lipinski definition) is 6. The summed E-state index contributed by atoms with van der Waals surface area (Å²) in [5.74, 6) is 4.98. The summed E-state index contributed by atoms with van der Waals surface area (Å²) in [4.78, 5) is 6.71. The standard InChI is InChI=1S/C9H14F3N5O2S/c1-2-3-17(6-9(10,11)12)20(18,19)7-4-14-8(16-13)15-5-7/h4-5H,2-3,6,13H2,1H3,(H,14,15,16). The topological polar surface area (TPSA) is 101 Å². The zero-order chi connectivity index (χ0) is 15.4. The molecule has 0 radical (unpaired) electrons. The Kier molecular flexibility index (Phi) is 5.25. The van der Waals surface area contributed by atoms with Gasteiger partial charge in [-0.2, -0.15) is 17.5 Å². The van der Waals surface area contributed by atoms with E-state index in [9.17, 15) is 21.6 Å². The minimum absolute atomic E-state index is 0.0400. The molecule has 1 rings (SSSR count). The quantitative estimate of drug-likeness (QED) is 0.593. The van der Waals surface area contributed by atoms with Crippen molar-refractivity contribution in [2.75, 3.05) is 18.5 Å². The normalized spacial score (nSPS) is 12.7. The minimum Gasteiger partial charge on any atom is -0.292 e. The van der Waals surface area contributed by atoms with Crippen LogP contribution in [0.4, 0.5) is 19.1 Å². The summed E-state index contributed by atoms with van der Waals surface area (Å²) in [7, 11) is -4.30. The van der Waals surface area contributed by atoms with Gasteiger partial charge in [0.1, 0.15) is 11.4 Å². The molecule has 0 aliphatic rings. The number of rotatable bonds is 6. The molecule has 3 N–H and O–H groups in total. The van der Waals surface area contributed by atoms with E-state index in [2.05, 4.69) is 15.4 Å². The largest absolute Gasteiger partial charge is 0.402 e. The highest BCUT2D eigenvalue weighted by molar-refractivity contribution is 7.89. The first-order valence-electron chi connectivity index (χ1n) is 5.56. The highest BCUT2D eigenvalue weighted by atomic mass is 32.2. The maximum Gasteiger partial charge on any atom is 0.402 e. The Bertz CT molecular complexity index is 532. The molecule has 1 aromatic rings. The van der Waals surface area contributed by atoms with Crippen molar-refractivity contribution in [2.24, 2.45) is 5.84 Å². The van der Waals surface area contributed by atoms with Crippen LogP contribution >= 0.6 is 0 Å². The molecule has 0 aromatic carbocycles. The average Bonchev–Trinajstić information content (AvgIpc) is 2.37. The van der Waals surface area contributed by atoms with Crippen LogP contribution in [0.25, 0.3) is 0 Å². The van der Waals surface area contributed by atoms with Gasteiger partial charge < -0.3 is 0 Å². The van der Waals surface area contributed by atoms with E-state index in [0.29, 0.717) is 4.31 Å². The number of nitrogens with two attached hydrogens (primary N) is 1. The molecule has 1 heterocycles. The first-order chi connectivity index (χ1) is 9.20. The van der Waals surface area contributed by atoms with Crippen LogP contribution in [0, 0.1) is 0 Å². The molecule has 11 heteroatoms. The lowest BCUT2D eigenvalue weighted by Crippen LogP contribution is -2.39. The van der Waals surface area contributed by atoms with Gasteiger partial charge in [-0.05, 0) is 6.42 Å². The van der Waals surface area contributed by atoms with Crippen LogP contribution in [-0.4, -0.2) is 42.0 Å². The van der Waals surface area contributed by atoms with E-state index in [1.54, 1.807) is 6.92 Å². The molecule has 0 saturated heterocycles. The average molecular weight is 313 g/mol. The van der Waals surface area contributed by atoms with Crippen LogP contribution < -0.4 is 11.3 Å². The number of alkyl halides is 3. The van der Waals surface area contributed by atoms with Gasteiger partial charge in [0.15, 0.2) is 0 Å². The van der Waals surface area contributed by atoms with Crippen LogP contribution in [0.5, 0.6) is 0 Å². The van der Waals surface area contributed by atoms with Crippen LogP contribution in [0.3, 0.4) is 0 Å².